The van der Waals surface area contributed by atoms with Gasteiger partial charge in [-0.3, -0.25) is 14.2 Å². The maximum absolute atomic E-state index is 16.1. The van der Waals surface area contributed by atoms with E-state index in [4.69, 9.17) is 0 Å². The number of fused-ring (bicyclic) bond motifs is 3. The maximum atomic E-state index is 16.1. The molecule has 5 nitrogen and oxygen atoms in total. The monoisotopic (exact) mass is 538 g/mol. The van der Waals surface area contributed by atoms with Crippen molar-refractivity contribution >= 4 is 16.6 Å². The van der Waals surface area contributed by atoms with Crippen molar-refractivity contribution in [3.8, 4) is 0 Å². The number of rotatable bonds is 8. The van der Waals surface area contributed by atoms with E-state index in [1.54, 1.807) is 0 Å². The lowest BCUT2D eigenvalue weighted by molar-refractivity contribution is -0.275. The summed E-state index contributed by atoms with van der Waals surface area (Å²) in [5.41, 5.74) is 3.33. The number of nitrogens with one attached hydrogen (secondary N) is 2. The van der Waals surface area contributed by atoms with Crippen LogP contribution in [0.4, 0.5) is 18.9 Å². The van der Waals surface area contributed by atoms with Gasteiger partial charge in [-0.1, -0.05) is 18.2 Å². The molecule has 3 heterocycles. The molecule has 0 amide bonds. The van der Waals surface area contributed by atoms with Gasteiger partial charge >= 0.3 is 0 Å². The van der Waals surface area contributed by atoms with Crippen molar-refractivity contribution in [1.29, 1.82) is 0 Å². The van der Waals surface area contributed by atoms with Crippen LogP contribution in [-0.2, 0) is 6.42 Å². The summed E-state index contributed by atoms with van der Waals surface area (Å²) in [7, 11) is 0. The second-order valence-electron chi connectivity index (χ2n) is 12.7. The Morgan fingerprint density at radius 2 is 1.82 bits per heavy atom. The molecule has 1 saturated heterocycles. The largest absolute Gasteiger partial charge is 0.393 e. The molecule has 8 rings (SSSR count). The summed E-state index contributed by atoms with van der Waals surface area (Å²) < 4.78 is 44.6. The SMILES string of the molecule is C[C@@H]1Cc2c([nH]c3ccccc23)[C@@H](c2c(F)cc(NC3CN(CCCF)C3)cc2F)N1C12CC([C@@H](C)O)(C1)C2. The molecule has 4 fully saturated rings. The molecule has 1 aromatic heterocycles. The fourth-order valence-electron chi connectivity index (χ4n) is 8.31. The second kappa shape index (κ2) is 8.98. The minimum atomic E-state index is -0.572. The highest BCUT2D eigenvalue weighted by Crippen LogP contribution is 2.73. The average Bonchev–Trinajstić information content (AvgIpc) is 3.17. The first kappa shape index (κ1) is 25.4. The Morgan fingerprint density at radius 1 is 1.13 bits per heavy atom. The molecular weight excluding hydrogens is 501 g/mol. The number of aromatic nitrogens is 1. The highest BCUT2D eigenvalue weighted by atomic mass is 19.1. The molecule has 0 radical (unpaired) electrons. The van der Waals surface area contributed by atoms with Crippen LogP contribution in [0.5, 0.6) is 0 Å². The van der Waals surface area contributed by atoms with Crippen molar-refractivity contribution in [2.45, 2.75) is 75.7 Å². The van der Waals surface area contributed by atoms with Gasteiger partial charge in [0.15, 0.2) is 0 Å². The lowest BCUT2D eigenvalue weighted by atomic mass is 9.36. The van der Waals surface area contributed by atoms with E-state index < -0.39 is 17.7 Å². The van der Waals surface area contributed by atoms with Gasteiger partial charge in [-0.2, -0.15) is 0 Å². The van der Waals surface area contributed by atoms with Crippen molar-refractivity contribution in [2.75, 3.05) is 31.6 Å². The van der Waals surface area contributed by atoms with Crippen LogP contribution in [0.15, 0.2) is 36.4 Å². The summed E-state index contributed by atoms with van der Waals surface area (Å²) in [6, 6.07) is 10.6. The number of anilines is 1. The third-order valence-corrected chi connectivity index (χ3v) is 10.1. The molecule has 3 aliphatic carbocycles. The number of aromatic amines is 1. The molecule has 3 N–H and O–H groups in total. The predicted octanol–water partition coefficient (Wildman–Crippen LogP) is 5.54. The van der Waals surface area contributed by atoms with Crippen molar-refractivity contribution in [1.82, 2.24) is 14.8 Å². The quantitative estimate of drug-likeness (QED) is 0.353. The van der Waals surface area contributed by atoms with E-state index in [9.17, 15) is 9.50 Å². The summed E-state index contributed by atoms with van der Waals surface area (Å²) in [6.45, 7) is 5.89. The fraction of sp³-hybridized carbons (Fsp3) is 0.548. The summed E-state index contributed by atoms with van der Waals surface area (Å²) in [5.74, 6) is -1.09. The third-order valence-electron chi connectivity index (χ3n) is 10.1. The Labute approximate surface area is 227 Å². The summed E-state index contributed by atoms with van der Waals surface area (Å²) in [6.07, 6.45) is 3.52. The molecule has 5 aliphatic rings. The van der Waals surface area contributed by atoms with Gasteiger partial charge < -0.3 is 15.4 Å². The predicted molar refractivity (Wildman–Crippen MR) is 147 cm³/mol. The number of aliphatic hydroxyl groups excluding tert-OH is 1. The van der Waals surface area contributed by atoms with Gasteiger partial charge in [-0.15, -0.1) is 0 Å². The third kappa shape index (κ3) is 3.78. The molecule has 3 saturated carbocycles. The van der Waals surface area contributed by atoms with Gasteiger partial charge in [0, 0.05) is 64.5 Å². The van der Waals surface area contributed by atoms with Crippen LogP contribution in [0, 0.1) is 17.0 Å². The van der Waals surface area contributed by atoms with Crippen LogP contribution in [0.1, 0.15) is 62.4 Å². The Balaban J connectivity index is 1.24. The molecule has 0 spiro atoms. The number of H-pyrrole nitrogens is 1. The Morgan fingerprint density at radius 3 is 2.49 bits per heavy atom. The lowest BCUT2D eigenvalue weighted by Gasteiger charge is -2.77. The van der Waals surface area contributed by atoms with Crippen LogP contribution in [-0.4, -0.2) is 69.9 Å². The summed E-state index contributed by atoms with van der Waals surface area (Å²) in [4.78, 5) is 8.05. The average molecular weight is 539 g/mol. The number of aliphatic hydroxyl groups is 1. The number of benzene rings is 2. The summed E-state index contributed by atoms with van der Waals surface area (Å²) in [5, 5.41) is 14.8. The zero-order chi connectivity index (χ0) is 27.1. The van der Waals surface area contributed by atoms with Gasteiger partial charge in [0.25, 0.3) is 0 Å². The molecule has 3 aromatic rings. The smallest absolute Gasteiger partial charge is 0.133 e. The number of halogens is 3. The lowest BCUT2D eigenvalue weighted by Crippen LogP contribution is -2.79. The van der Waals surface area contributed by atoms with Gasteiger partial charge in [0.2, 0.25) is 0 Å². The maximum Gasteiger partial charge on any atom is 0.133 e. The summed E-state index contributed by atoms with van der Waals surface area (Å²) >= 11 is 0. The van der Waals surface area contributed by atoms with E-state index >= 15 is 8.78 Å². The van der Waals surface area contributed by atoms with Crippen LogP contribution in [0.2, 0.25) is 0 Å². The van der Waals surface area contributed by atoms with Crippen LogP contribution < -0.4 is 5.32 Å². The Kier molecular flexibility index (Phi) is 5.85. The number of nitrogens with zero attached hydrogens (tertiary/aromatic N) is 2. The van der Waals surface area contributed by atoms with Gasteiger partial charge in [-0.25, -0.2) is 8.78 Å². The van der Waals surface area contributed by atoms with E-state index in [0.717, 1.165) is 60.9 Å². The van der Waals surface area contributed by atoms with Crippen molar-refractivity contribution < 1.29 is 18.3 Å². The molecule has 2 aliphatic heterocycles. The first-order valence-corrected chi connectivity index (χ1v) is 14.3. The van der Waals surface area contributed by atoms with Crippen LogP contribution in [0.25, 0.3) is 10.9 Å². The normalized spacial score (nSPS) is 31.3. The minimum Gasteiger partial charge on any atom is -0.393 e. The Bertz CT molecular complexity index is 1370. The van der Waals surface area contributed by atoms with Crippen LogP contribution >= 0.6 is 0 Å². The zero-order valence-electron chi connectivity index (χ0n) is 22.6. The van der Waals surface area contributed by atoms with E-state index in [-0.39, 0.29) is 41.4 Å². The zero-order valence-corrected chi connectivity index (χ0v) is 22.6. The fourth-order valence-corrected chi connectivity index (χ4v) is 8.31. The molecule has 39 heavy (non-hydrogen) atoms. The molecule has 208 valence electrons. The first-order chi connectivity index (χ1) is 18.7. The van der Waals surface area contributed by atoms with E-state index in [1.807, 2.05) is 25.1 Å². The van der Waals surface area contributed by atoms with E-state index in [1.165, 1.54) is 12.1 Å². The highest BCUT2D eigenvalue weighted by Gasteiger charge is 2.73. The molecule has 2 aromatic carbocycles. The van der Waals surface area contributed by atoms with E-state index in [2.05, 4.69) is 33.1 Å². The van der Waals surface area contributed by atoms with Crippen molar-refractivity contribution in [3.05, 3.63) is 64.9 Å². The van der Waals surface area contributed by atoms with E-state index in [0.29, 0.717) is 18.7 Å². The van der Waals surface area contributed by atoms with Gasteiger partial charge in [-0.05, 0) is 69.7 Å². The molecule has 3 atom stereocenters. The topological polar surface area (TPSA) is 54.5 Å². The van der Waals surface area contributed by atoms with Crippen molar-refractivity contribution in [3.63, 3.8) is 0 Å². The number of para-hydroxylation sites is 1. The number of hydrogen-bond donors (Lipinski definition) is 3. The number of hydrogen-bond acceptors (Lipinski definition) is 4. The van der Waals surface area contributed by atoms with Crippen LogP contribution in [0.3, 0.4) is 0 Å². The highest BCUT2D eigenvalue weighted by molar-refractivity contribution is 5.85. The second-order valence-corrected chi connectivity index (χ2v) is 12.7. The first-order valence-electron chi connectivity index (χ1n) is 14.3. The molecule has 0 unspecified atom stereocenters. The van der Waals surface area contributed by atoms with Gasteiger partial charge in [0.1, 0.15) is 11.6 Å². The minimum absolute atomic E-state index is 0.0588. The molecular formula is C31H37F3N4O. The molecule has 8 heteroatoms. The van der Waals surface area contributed by atoms with Crippen molar-refractivity contribution in [2.24, 2.45) is 5.41 Å². The standard InChI is InChI=1S/C31H37F3N4O/c1-18-10-23-22-6-3-4-7-26(22)36-28(23)29(38(18)31-15-30(16-31,17-31)19(2)39)27-24(33)11-20(12-25(27)34)35-21-13-37(14-21)9-5-8-32/h3-4,6-7,11-12,18-19,21,29,35-36,39H,5,8-10,13-17H2,1-2H3/t18-,19-,29-,30?,31?/m1/s1. The molecule has 2 bridgehead atoms. The Hall–Kier alpha value is -2.55. The number of alkyl halides is 1. The number of likely N-dealkylation sites (tertiary alicyclic amines) is 1. The van der Waals surface area contributed by atoms with Gasteiger partial charge in [0.05, 0.1) is 24.9 Å².